The Labute approximate surface area is 169 Å². The van der Waals surface area contributed by atoms with E-state index in [4.69, 9.17) is 20.3 Å². The van der Waals surface area contributed by atoms with Crippen molar-refractivity contribution in [3.63, 3.8) is 0 Å². The molecule has 1 aliphatic heterocycles. The van der Waals surface area contributed by atoms with E-state index < -0.39 is 5.92 Å². The smallest absolute Gasteiger partial charge is 0.229 e. The SMILES string of the molecule is Cc1nn(-c2ccccc2)c2c1C(c1ccccc1OC(C)C)C(C#N)=C(N)O2. The fourth-order valence-electron chi connectivity index (χ4n) is 3.65. The average Bonchev–Trinajstić information content (AvgIpc) is 3.04. The van der Waals surface area contributed by atoms with Crippen LogP contribution in [0.3, 0.4) is 0 Å². The van der Waals surface area contributed by atoms with Gasteiger partial charge in [0.25, 0.3) is 0 Å². The highest BCUT2D eigenvalue weighted by Gasteiger charge is 2.37. The molecule has 0 bridgehead atoms. The molecule has 0 radical (unpaired) electrons. The molecule has 2 N–H and O–H groups in total. The molecule has 2 heterocycles. The monoisotopic (exact) mass is 386 g/mol. The van der Waals surface area contributed by atoms with Crippen LogP contribution in [0.15, 0.2) is 66.1 Å². The zero-order valence-electron chi connectivity index (χ0n) is 16.6. The number of fused-ring (bicyclic) bond motifs is 1. The summed E-state index contributed by atoms with van der Waals surface area (Å²) in [7, 11) is 0. The lowest BCUT2D eigenvalue weighted by Crippen LogP contribution is -2.22. The van der Waals surface area contributed by atoms with Crippen LogP contribution in [0.4, 0.5) is 0 Å². The quantitative estimate of drug-likeness (QED) is 0.727. The van der Waals surface area contributed by atoms with Crippen LogP contribution in [0.5, 0.6) is 11.6 Å². The van der Waals surface area contributed by atoms with Crippen molar-refractivity contribution >= 4 is 0 Å². The second-order valence-electron chi connectivity index (χ2n) is 7.18. The van der Waals surface area contributed by atoms with E-state index in [2.05, 4.69) is 6.07 Å². The Morgan fingerprint density at radius 1 is 1.14 bits per heavy atom. The van der Waals surface area contributed by atoms with Crippen molar-refractivity contribution in [3.8, 4) is 23.4 Å². The van der Waals surface area contributed by atoms with Crippen molar-refractivity contribution in [1.82, 2.24) is 9.78 Å². The molecule has 3 aromatic rings. The first-order chi connectivity index (χ1) is 14.0. The average molecular weight is 386 g/mol. The van der Waals surface area contributed by atoms with Gasteiger partial charge in [-0.1, -0.05) is 36.4 Å². The number of hydrogen-bond acceptors (Lipinski definition) is 5. The van der Waals surface area contributed by atoms with E-state index in [0.29, 0.717) is 17.2 Å². The number of aryl methyl sites for hydroxylation is 1. The fourth-order valence-corrected chi connectivity index (χ4v) is 3.65. The van der Waals surface area contributed by atoms with Gasteiger partial charge >= 0.3 is 0 Å². The molecule has 0 aliphatic carbocycles. The number of hydrogen-bond donors (Lipinski definition) is 1. The number of ether oxygens (including phenoxy) is 2. The molecule has 1 unspecified atom stereocenters. The van der Waals surface area contributed by atoms with Gasteiger partial charge in [0.15, 0.2) is 0 Å². The minimum atomic E-state index is -0.420. The molecule has 29 heavy (non-hydrogen) atoms. The summed E-state index contributed by atoms with van der Waals surface area (Å²) in [4.78, 5) is 0. The Kier molecular flexibility index (Phi) is 4.73. The first-order valence-electron chi connectivity index (χ1n) is 9.49. The predicted octanol–water partition coefficient (Wildman–Crippen LogP) is 4.19. The molecule has 0 saturated heterocycles. The molecular formula is C23H22N4O2. The van der Waals surface area contributed by atoms with Crippen LogP contribution in [0.1, 0.15) is 36.6 Å². The number of allylic oxidation sites excluding steroid dienone is 1. The van der Waals surface area contributed by atoms with E-state index in [9.17, 15) is 5.26 Å². The van der Waals surface area contributed by atoms with E-state index >= 15 is 0 Å². The third-order valence-electron chi connectivity index (χ3n) is 4.83. The lowest BCUT2D eigenvalue weighted by Gasteiger charge is -2.26. The summed E-state index contributed by atoms with van der Waals surface area (Å²) in [5, 5.41) is 14.6. The maximum atomic E-state index is 9.87. The van der Waals surface area contributed by atoms with Crippen LogP contribution in [0, 0.1) is 18.3 Å². The molecule has 2 aromatic carbocycles. The lowest BCUT2D eigenvalue weighted by molar-refractivity contribution is 0.239. The number of benzene rings is 2. The summed E-state index contributed by atoms with van der Waals surface area (Å²) in [6.45, 7) is 5.86. The molecule has 1 atom stereocenters. The predicted molar refractivity (Wildman–Crippen MR) is 110 cm³/mol. The third kappa shape index (κ3) is 3.21. The highest BCUT2D eigenvalue weighted by molar-refractivity contribution is 5.59. The number of aromatic nitrogens is 2. The Bertz CT molecular complexity index is 1120. The zero-order chi connectivity index (χ0) is 20.5. The molecular weight excluding hydrogens is 364 g/mol. The molecule has 6 nitrogen and oxygen atoms in total. The Hall–Kier alpha value is -3.72. The Morgan fingerprint density at radius 3 is 2.52 bits per heavy atom. The lowest BCUT2D eigenvalue weighted by atomic mass is 9.83. The van der Waals surface area contributed by atoms with Crippen LogP contribution in [-0.4, -0.2) is 15.9 Å². The van der Waals surface area contributed by atoms with Gasteiger partial charge in [0.05, 0.1) is 29.0 Å². The number of nitrogens with two attached hydrogens (primary N) is 1. The molecule has 6 heteroatoms. The second-order valence-corrected chi connectivity index (χ2v) is 7.18. The van der Waals surface area contributed by atoms with Crippen molar-refractivity contribution < 1.29 is 9.47 Å². The first-order valence-corrected chi connectivity index (χ1v) is 9.49. The molecule has 1 aliphatic rings. The molecule has 0 fully saturated rings. The van der Waals surface area contributed by atoms with Crippen molar-refractivity contribution in [2.24, 2.45) is 5.73 Å². The summed E-state index contributed by atoms with van der Waals surface area (Å²) >= 11 is 0. The van der Waals surface area contributed by atoms with E-state index in [1.54, 1.807) is 4.68 Å². The number of nitriles is 1. The highest BCUT2D eigenvalue weighted by Crippen LogP contribution is 2.47. The second kappa shape index (κ2) is 7.36. The summed E-state index contributed by atoms with van der Waals surface area (Å²) in [5.41, 5.74) is 9.86. The normalized spacial score (nSPS) is 15.6. The molecule has 0 amide bonds. The summed E-state index contributed by atoms with van der Waals surface area (Å²) in [6.07, 6.45) is -0.00420. The van der Waals surface area contributed by atoms with Crippen LogP contribution >= 0.6 is 0 Å². The molecule has 1 aromatic heterocycles. The van der Waals surface area contributed by atoms with Crippen molar-refractivity contribution in [2.45, 2.75) is 32.8 Å². The minimum absolute atomic E-state index is 0.00420. The van der Waals surface area contributed by atoms with Gasteiger partial charge in [-0.05, 0) is 39.0 Å². The number of para-hydroxylation sites is 2. The van der Waals surface area contributed by atoms with Gasteiger partial charge in [-0.3, -0.25) is 0 Å². The number of nitrogens with zero attached hydrogens (tertiary/aromatic N) is 3. The Morgan fingerprint density at radius 2 is 1.83 bits per heavy atom. The van der Waals surface area contributed by atoms with Gasteiger partial charge in [-0.25, -0.2) is 4.68 Å². The number of rotatable bonds is 4. The minimum Gasteiger partial charge on any atom is -0.491 e. The van der Waals surface area contributed by atoms with E-state index in [1.165, 1.54) is 0 Å². The molecule has 0 spiro atoms. The topological polar surface area (TPSA) is 86.1 Å². The standard InChI is InChI=1S/C23H22N4O2/c1-14(2)28-19-12-8-7-11-17(19)21-18(13-24)22(25)29-23-20(21)15(3)26-27(23)16-9-5-4-6-10-16/h4-12,14,21H,25H2,1-3H3. The van der Waals surface area contributed by atoms with E-state index in [1.807, 2.05) is 75.4 Å². The van der Waals surface area contributed by atoms with Crippen molar-refractivity contribution in [2.75, 3.05) is 0 Å². The Balaban J connectivity index is 1.95. The summed E-state index contributed by atoms with van der Waals surface area (Å²) in [5.74, 6) is 0.903. The van der Waals surface area contributed by atoms with Crippen molar-refractivity contribution in [1.29, 1.82) is 5.26 Å². The zero-order valence-corrected chi connectivity index (χ0v) is 16.6. The van der Waals surface area contributed by atoms with Gasteiger partial charge in [-0.15, -0.1) is 0 Å². The maximum Gasteiger partial charge on any atom is 0.229 e. The molecule has 4 rings (SSSR count). The van der Waals surface area contributed by atoms with Crippen LogP contribution in [0.25, 0.3) is 5.69 Å². The first kappa shape index (κ1) is 18.6. The van der Waals surface area contributed by atoms with Gasteiger partial charge in [-0.2, -0.15) is 10.4 Å². The largest absolute Gasteiger partial charge is 0.491 e. The highest BCUT2D eigenvalue weighted by atomic mass is 16.5. The van der Waals surface area contributed by atoms with Gasteiger partial charge in [0.2, 0.25) is 11.8 Å². The fraction of sp³-hybridized carbons (Fsp3) is 0.217. The summed E-state index contributed by atoms with van der Waals surface area (Å²) in [6, 6.07) is 19.7. The van der Waals surface area contributed by atoms with Crippen LogP contribution < -0.4 is 15.2 Å². The third-order valence-corrected chi connectivity index (χ3v) is 4.83. The molecule has 146 valence electrons. The van der Waals surface area contributed by atoms with Crippen LogP contribution in [0.2, 0.25) is 0 Å². The summed E-state index contributed by atoms with van der Waals surface area (Å²) < 4.78 is 13.7. The van der Waals surface area contributed by atoms with Gasteiger partial charge < -0.3 is 15.2 Å². The molecule has 0 saturated carbocycles. The van der Waals surface area contributed by atoms with Crippen molar-refractivity contribution in [3.05, 3.63) is 82.9 Å². The van der Waals surface area contributed by atoms with E-state index in [0.717, 1.165) is 22.5 Å². The van der Waals surface area contributed by atoms with Gasteiger partial charge in [0.1, 0.15) is 17.4 Å². The van der Waals surface area contributed by atoms with E-state index in [-0.39, 0.29) is 12.0 Å². The maximum absolute atomic E-state index is 9.87. The van der Waals surface area contributed by atoms with Crippen LogP contribution in [-0.2, 0) is 0 Å². The van der Waals surface area contributed by atoms with Gasteiger partial charge in [0, 0.05) is 5.56 Å².